The number of aromatic nitrogens is 1. The fourth-order valence-corrected chi connectivity index (χ4v) is 2.00. The minimum atomic E-state index is -4.47. The zero-order valence-electron chi connectivity index (χ0n) is 7.68. The molecule has 0 unspecified atom stereocenters. The number of nitrogens with two attached hydrogens (primary N) is 2. The van der Waals surface area contributed by atoms with Crippen LogP contribution in [0.4, 0.5) is 14.6 Å². The maximum Gasteiger partial charge on any atom is 0.266 e. The van der Waals surface area contributed by atoms with Crippen molar-refractivity contribution in [3.05, 3.63) is 17.3 Å². The first kappa shape index (κ1) is 12.3. The highest BCUT2D eigenvalue weighted by atomic mass is 32.2. The third-order valence-corrected chi connectivity index (χ3v) is 2.73. The van der Waals surface area contributed by atoms with Gasteiger partial charge in [-0.3, -0.25) is 0 Å². The third kappa shape index (κ3) is 2.07. The Morgan fingerprint density at radius 3 is 2.44 bits per heavy atom. The number of hydrogen-bond donors (Lipinski definition) is 2. The molecule has 6 nitrogen and oxygen atoms in total. The fourth-order valence-electron chi connectivity index (χ4n) is 1.09. The van der Waals surface area contributed by atoms with Crippen LogP contribution in [0, 0.1) is 11.3 Å². The van der Waals surface area contributed by atoms with Crippen molar-refractivity contribution in [1.29, 1.82) is 5.26 Å². The summed E-state index contributed by atoms with van der Waals surface area (Å²) in [5.41, 5.74) is 3.60. The molecule has 86 valence electrons. The molecule has 0 aromatic carbocycles. The number of hydrogen-bond acceptors (Lipinski definition) is 5. The van der Waals surface area contributed by atoms with Crippen LogP contribution in [0.25, 0.3) is 0 Å². The number of anilines is 1. The van der Waals surface area contributed by atoms with Crippen molar-refractivity contribution in [2.24, 2.45) is 5.14 Å². The Morgan fingerprint density at radius 2 is 2.06 bits per heavy atom. The van der Waals surface area contributed by atoms with Crippen LogP contribution in [0.15, 0.2) is 11.1 Å². The second kappa shape index (κ2) is 3.99. The molecule has 0 amide bonds. The quantitative estimate of drug-likeness (QED) is 0.769. The van der Waals surface area contributed by atoms with E-state index in [2.05, 4.69) is 4.98 Å². The molecule has 0 aliphatic rings. The Labute approximate surface area is 89.5 Å². The van der Waals surface area contributed by atoms with Gasteiger partial charge in [0.2, 0.25) is 10.0 Å². The van der Waals surface area contributed by atoms with Crippen molar-refractivity contribution in [3.8, 4) is 6.07 Å². The summed E-state index contributed by atoms with van der Waals surface area (Å²) in [5.74, 6) is -0.462. The van der Waals surface area contributed by atoms with Gasteiger partial charge >= 0.3 is 0 Å². The van der Waals surface area contributed by atoms with Gasteiger partial charge in [-0.15, -0.1) is 0 Å². The van der Waals surface area contributed by atoms with Crippen molar-refractivity contribution < 1.29 is 17.2 Å². The number of pyridine rings is 1. The van der Waals surface area contributed by atoms with Gasteiger partial charge in [-0.05, 0) is 0 Å². The Balaban J connectivity index is 3.77. The lowest BCUT2D eigenvalue weighted by atomic mass is 10.2. The summed E-state index contributed by atoms with van der Waals surface area (Å²) in [4.78, 5) is 2.33. The zero-order chi connectivity index (χ0) is 12.5. The summed E-state index contributed by atoms with van der Waals surface area (Å²) in [6.07, 6.45) is -2.53. The summed E-state index contributed by atoms with van der Waals surface area (Å²) in [7, 11) is -4.47. The molecule has 0 bridgehead atoms. The van der Waals surface area contributed by atoms with Crippen LogP contribution in [-0.2, 0) is 10.0 Å². The molecule has 0 saturated carbocycles. The van der Waals surface area contributed by atoms with Gasteiger partial charge in [0.15, 0.2) is 0 Å². The number of alkyl halides is 2. The summed E-state index contributed by atoms with van der Waals surface area (Å²) >= 11 is 0. The summed E-state index contributed by atoms with van der Waals surface area (Å²) < 4.78 is 47.2. The SMILES string of the molecule is N#Cc1c(N)ncc(C(F)F)c1S(N)(=O)=O. The first-order chi connectivity index (χ1) is 7.29. The molecule has 9 heteroatoms. The average molecular weight is 248 g/mol. The molecular weight excluding hydrogens is 242 g/mol. The molecule has 1 aromatic rings. The lowest BCUT2D eigenvalue weighted by molar-refractivity contribution is 0.147. The molecule has 16 heavy (non-hydrogen) atoms. The van der Waals surface area contributed by atoms with Crippen LogP contribution in [0.3, 0.4) is 0 Å². The molecule has 1 rings (SSSR count). The molecule has 0 aliphatic heterocycles. The van der Waals surface area contributed by atoms with E-state index in [0.717, 1.165) is 0 Å². The van der Waals surface area contributed by atoms with Gasteiger partial charge in [-0.2, -0.15) is 5.26 Å². The maximum absolute atomic E-state index is 12.5. The fraction of sp³-hybridized carbons (Fsp3) is 0.143. The van der Waals surface area contributed by atoms with Gasteiger partial charge in [0.25, 0.3) is 6.43 Å². The van der Waals surface area contributed by atoms with Crippen molar-refractivity contribution >= 4 is 15.8 Å². The van der Waals surface area contributed by atoms with Crippen LogP contribution in [-0.4, -0.2) is 13.4 Å². The topological polar surface area (TPSA) is 123 Å². The van der Waals surface area contributed by atoms with E-state index >= 15 is 0 Å². The maximum atomic E-state index is 12.5. The number of nitriles is 1. The summed E-state index contributed by atoms with van der Waals surface area (Å²) in [5, 5.41) is 13.4. The lowest BCUT2D eigenvalue weighted by Crippen LogP contribution is -2.18. The molecule has 4 N–H and O–H groups in total. The van der Waals surface area contributed by atoms with Crippen molar-refractivity contribution in [3.63, 3.8) is 0 Å². The summed E-state index contributed by atoms with van der Waals surface area (Å²) in [6.45, 7) is 0. The van der Waals surface area contributed by atoms with Crippen molar-refractivity contribution in [2.45, 2.75) is 11.3 Å². The summed E-state index contributed by atoms with van der Waals surface area (Å²) in [6, 6.07) is 1.39. The standard InChI is InChI=1S/C7H6F2N4O2S/c8-6(9)4-2-13-7(11)3(1-10)5(4)16(12,14)15/h2,6H,(H2,11,13)(H2,12,14,15). The molecule has 0 fully saturated rings. The average Bonchev–Trinajstić information content (AvgIpc) is 2.15. The van der Waals surface area contributed by atoms with Crippen LogP contribution < -0.4 is 10.9 Å². The molecule has 0 atom stereocenters. The van der Waals surface area contributed by atoms with Gasteiger partial charge in [0, 0.05) is 6.20 Å². The van der Waals surface area contributed by atoms with Gasteiger partial charge in [-0.1, -0.05) is 0 Å². The predicted octanol–water partition coefficient (Wildman–Crippen LogP) is 0.120. The van der Waals surface area contributed by atoms with E-state index in [0.29, 0.717) is 6.20 Å². The van der Waals surface area contributed by atoms with Gasteiger partial charge in [-0.25, -0.2) is 27.3 Å². The minimum Gasteiger partial charge on any atom is -0.383 e. The number of sulfonamides is 1. The Morgan fingerprint density at radius 1 is 1.50 bits per heavy atom. The lowest BCUT2D eigenvalue weighted by Gasteiger charge is -2.09. The Bertz CT molecular complexity index is 564. The van der Waals surface area contributed by atoms with E-state index in [4.69, 9.17) is 16.1 Å². The number of rotatable bonds is 2. The largest absolute Gasteiger partial charge is 0.383 e. The highest BCUT2D eigenvalue weighted by Crippen LogP contribution is 2.29. The zero-order valence-corrected chi connectivity index (χ0v) is 8.50. The van der Waals surface area contributed by atoms with E-state index in [9.17, 15) is 17.2 Å². The minimum absolute atomic E-state index is 0.462. The van der Waals surface area contributed by atoms with E-state index in [1.54, 1.807) is 0 Å². The molecule has 1 aromatic heterocycles. The van der Waals surface area contributed by atoms with Crippen molar-refractivity contribution in [2.75, 3.05) is 5.73 Å². The van der Waals surface area contributed by atoms with Crippen LogP contribution in [0.2, 0.25) is 0 Å². The van der Waals surface area contributed by atoms with Crippen LogP contribution in [0.1, 0.15) is 17.6 Å². The smallest absolute Gasteiger partial charge is 0.266 e. The van der Waals surface area contributed by atoms with Crippen molar-refractivity contribution in [1.82, 2.24) is 4.98 Å². The second-order valence-corrected chi connectivity index (χ2v) is 4.26. The van der Waals surface area contributed by atoms with E-state index in [-0.39, 0.29) is 0 Å². The second-order valence-electron chi connectivity index (χ2n) is 2.76. The Hall–Kier alpha value is -1.79. The normalized spacial score (nSPS) is 11.4. The molecule has 0 radical (unpaired) electrons. The van der Waals surface area contributed by atoms with Gasteiger partial charge in [0.05, 0.1) is 5.56 Å². The molecule has 0 spiro atoms. The van der Waals surface area contributed by atoms with Crippen LogP contribution >= 0.6 is 0 Å². The third-order valence-electron chi connectivity index (χ3n) is 1.72. The first-order valence-corrected chi connectivity index (χ1v) is 5.33. The number of nitrogens with zero attached hydrogens (tertiary/aromatic N) is 2. The highest BCUT2D eigenvalue weighted by molar-refractivity contribution is 7.89. The molecule has 0 aliphatic carbocycles. The van der Waals surface area contributed by atoms with Gasteiger partial charge in [0.1, 0.15) is 22.3 Å². The van der Waals surface area contributed by atoms with Gasteiger partial charge < -0.3 is 5.73 Å². The first-order valence-electron chi connectivity index (χ1n) is 3.78. The van der Waals surface area contributed by atoms with Crippen LogP contribution in [0.5, 0.6) is 0 Å². The molecule has 0 saturated heterocycles. The Kier molecular flexibility index (Phi) is 3.06. The van der Waals surface area contributed by atoms with E-state index < -0.39 is 38.3 Å². The number of primary sulfonamides is 1. The molecule has 1 heterocycles. The number of halogens is 2. The monoisotopic (exact) mass is 248 g/mol. The number of nitrogen functional groups attached to an aromatic ring is 1. The van der Waals surface area contributed by atoms with E-state index in [1.165, 1.54) is 6.07 Å². The highest BCUT2D eigenvalue weighted by Gasteiger charge is 2.26. The molecular formula is C7H6F2N4O2S. The predicted molar refractivity (Wildman–Crippen MR) is 49.7 cm³/mol. The van der Waals surface area contributed by atoms with E-state index in [1.807, 2.05) is 0 Å².